The first-order valence-corrected chi connectivity index (χ1v) is 6.35. The zero-order valence-corrected chi connectivity index (χ0v) is 10.8. The topological polar surface area (TPSA) is 38.3 Å². The SMILES string of the molecule is O=C1NCCCCC1Oc1ccc(F)c(Br)c1. The summed E-state index contributed by atoms with van der Waals surface area (Å²) in [4.78, 5) is 11.6. The van der Waals surface area contributed by atoms with Gasteiger partial charge in [0.1, 0.15) is 11.6 Å². The summed E-state index contributed by atoms with van der Waals surface area (Å²) in [5, 5.41) is 2.79. The van der Waals surface area contributed by atoms with Gasteiger partial charge in [-0.2, -0.15) is 0 Å². The van der Waals surface area contributed by atoms with Gasteiger partial charge in [0.05, 0.1) is 4.47 Å². The first-order chi connectivity index (χ1) is 8.16. The number of benzene rings is 1. The molecule has 0 aromatic heterocycles. The van der Waals surface area contributed by atoms with Crippen molar-refractivity contribution in [2.24, 2.45) is 0 Å². The normalized spacial score (nSPS) is 20.6. The van der Waals surface area contributed by atoms with Crippen LogP contribution in [0.4, 0.5) is 4.39 Å². The predicted octanol–water partition coefficient (Wildman–Crippen LogP) is 2.64. The molecule has 2 rings (SSSR count). The van der Waals surface area contributed by atoms with Crippen molar-refractivity contribution in [3.8, 4) is 5.75 Å². The Bertz CT molecular complexity index is 425. The second-order valence-electron chi connectivity index (χ2n) is 3.97. The van der Waals surface area contributed by atoms with Gasteiger partial charge in [-0.05, 0) is 53.4 Å². The van der Waals surface area contributed by atoms with Crippen LogP contribution >= 0.6 is 15.9 Å². The van der Waals surface area contributed by atoms with Gasteiger partial charge in [0.25, 0.3) is 5.91 Å². The van der Waals surface area contributed by atoms with Gasteiger partial charge in [0.15, 0.2) is 6.10 Å². The fourth-order valence-corrected chi connectivity index (χ4v) is 2.10. The molecule has 1 heterocycles. The van der Waals surface area contributed by atoms with E-state index >= 15 is 0 Å². The molecule has 92 valence electrons. The fourth-order valence-electron chi connectivity index (χ4n) is 1.74. The minimum Gasteiger partial charge on any atom is -0.481 e. The molecule has 0 spiro atoms. The molecule has 1 aliphatic rings. The third-order valence-electron chi connectivity index (χ3n) is 2.65. The molecule has 17 heavy (non-hydrogen) atoms. The first-order valence-electron chi connectivity index (χ1n) is 5.56. The molecule has 1 atom stereocenters. The quantitative estimate of drug-likeness (QED) is 0.912. The third-order valence-corrected chi connectivity index (χ3v) is 3.26. The Balaban J connectivity index is 2.08. The molecule has 3 nitrogen and oxygen atoms in total. The van der Waals surface area contributed by atoms with Crippen LogP contribution in [0, 0.1) is 5.82 Å². The van der Waals surface area contributed by atoms with Crippen LogP contribution in [0.5, 0.6) is 5.75 Å². The number of halogens is 2. The van der Waals surface area contributed by atoms with Crippen molar-refractivity contribution in [1.29, 1.82) is 0 Å². The Morgan fingerprint density at radius 1 is 1.41 bits per heavy atom. The van der Waals surface area contributed by atoms with E-state index < -0.39 is 6.10 Å². The van der Waals surface area contributed by atoms with Gasteiger partial charge < -0.3 is 10.1 Å². The van der Waals surface area contributed by atoms with Gasteiger partial charge in [0.2, 0.25) is 0 Å². The lowest BCUT2D eigenvalue weighted by molar-refractivity contribution is -0.127. The number of rotatable bonds is 2. The van der Waals surface area contributed by atoms with Gasteiger partial charge in [-0.25, -0.2) is 4.39 Å². The molecule has 1 aromatic rings. The van der Waals surface area contributed by atoms with Crippen molar-refractivity contribution in [1.82, 2.24) is 5.32 Å². The monoisotopic (exact) mass is 301 g/mol. The zero-order valence-electron chi connectivity index (χ0n) is 9.21. The van der Waals surface area contributed by atoms with E-state index in [9.17, 15) is 9.18 Å². The first kappa shape index (κ1) is 12.4. The van der Waals surface area contributed by atoms with E-state index in [0.717, 1.165) is 12.8 Å². The number of carbonyl (C=O) groups excluding carboxylic acids is 1. The molecule has 1 N–H and O–H groups in total. The lowest BCUT2D eigenvalue weighted by atomic mass is 10.2. The molecule has 0 bridgehead atoms. The number of carbonyl (C=O) groups is 1. The molecule has 1 fully saturated rings. The zero-order chi connectivity index (χ0) is 12.3. The van der Waals surface area contributed by atoms with E-state index in [4.69, 9.17) is 4.74 Å². The molecule has 5 heteroatoms. The van der Waals surface area contributed by atoms with Crippen molar-refractivity contribution in [2.45, 2.75) is 25.4 Å². The molecule has 0 radical (unpaired) electrons. The summed E-state index contributed by atoms with van der Waals surface area (Å²) in [6, 6.07) is 4.37. The van der Waals surface area contributed by atoms with Crippen LogP contribution in [0.15, 0.2) is 22.7 Å². The fraction of sp³-hybridized carbons (Fsp3) is 0.417. The highest BCUT2D eigenvalue weighted by Gasteiger charge is 2.22. The number of amides is 1. The molecule has 1 aliphatic heterocycles. The van der Waals surface area contributed by atoms with E-state index in [1.54, 1.807) is 0 Å². The average molecular weight is 302 g/mol. The van der Waals surface area contributed by atoms with E-state index in [-0.39, 0.29) is 11.7 Å². The summed E-state index contributed by atoms with van der Waals surface area (Å²) >= 11 is 3.09. The van der Waals surface area contributed by atoms with Gasteiger partial charge >= 0.3 is 0 Å². The summed E-state index contributed by atoms with van der Waals surface area (Å²) in [5.41, 5.74) is 0. The summed E-state index contributed by atoms with van der Waals surface area (Å²) < 4.78 is 18.9. The standard InChI is InChI=1S/C12H13BrFNO2/c13-9-7-8(4-5-10(9)14)17-11-3-1-2-6-15-12(11)16/h4-5,7,11H,1-3,6H2,(H,15,16). The Kier molecular flexibility index (Phi) is 3.99. The highest BCUT2D eigenvalue weighted by atomic mass is 79.9. The Morgan fingerprint density at radius 3 is 3.00 bits per heavy atom. The van der Waals surface area contributed by atoms with Crippen LogP contribution in [0.3, 0.4) is 0 Å². The van der Waals surface area contributed by atoms with Crippen molar-refractivity contribution in [3.05, 3.63) is 28.5 Å². The minimum atomic E-state index is -0.477. The number of hydrogen-bond donors (Lipinski definition) is 1. The van der Waals surface area contributed by atoms with Gasteiger partial charge in [-0.15, -0.1) is 0 Å². The summed E-state index contributed by atoms with van der Waals surface area (Å²) in [7, 11) is 0. The number of hydrogen-bond acceptors (Lipinski definition) is 2. The van der Waals surface area contributed by atoms with E-state index in [2.05, 4.69) is 21.2 Å². The highest BCUT2D eigenvalue weighted by molar-refractivity contribution is 9.10. The van der Waals surface area contributed by atoms with Gasteiger partial charge in [-0.1, -0.05) is 0 Å². The molecular weight excluding hydrogens is 289 g/mol. The second kappa shape index (κ2) is 5.49. The maximum atomic E-state index is 13.0. The van der Waals surface area contributed by atoms with E-state index in [0.29, 0.717) is 23.2 Å². The van der Waals surface area contributed by atoms with Crippen molar-refractivity contribution in [2.75, 3.05) is 6.54 Å². The second-order valence-corrected chi connectivity index (χ2v) is 4.82. The minimum absolute atomic E-state index is 0.0945. The lowest BCUT2D eigenvalue weighted by Crippen LogP contribution is -2.36. The predicted molar refractivity (Wildman–Crippen MR) is 65.4 cm³/mol. The average Bonchev–Trinajstić information content (AvgIpc) is 2.50. The van der Waals surface area contributed by atoms with Crippen LogP contribution in [0.1, 0.15) is 19.3 Å². The molecule has 0 aliphatic carbocycles. The van der Waals surface area contributed by atoms with Crippen LogP contribution in [-0.4, -0.2) is 18.6 Å². The Labute approximate surface area is 107 Å². The molecule has 1 aromatic carbocycles. The number of ether oxygens (including phenoxy) is 1. The third kappa shape index (κ3) is 3.19. The maximum Gasteiger partial charge on any atom is 0.261 e. The largest absolute Gasteiger partial charge is 0.481 e. The Hall–Kier alpha value is -1.10. The van der Waals surface area contributed by atoms with Crippen molar-refractivity contribution in [3.63, 3.8) is 0 Å². The van der Waals surface area contributed by atoms with Crippen LogP contribution in [-0.2, 0) is 4.79 Å². The van der Waals surface area contributed by atoms with Crippen molar-refractivity contribution < 1.29 is 13.9 Å². The van der Waals surface area contributed by atoms with E-state index in [1.807, 2.05) is 0 Å². The summed E-state index contributed by atoms with van der Waals surface area (Å²) in [5.74, 6) is 0.0611. The van der Waals surface area contributed by atoms with Crippen molar-refractivity contribution >= 4 is 21.8 Å². The molecule has 1 unspecified atom stereocenters. The molecule has 1 saturated heterocycles. The highest BCUT2D eigenvalue weighted by Crippen LogP contribution is 2.23. The smallest absolute Gasteiger partial charge is 0.261 e. The molecule has 1 amide bonds. The lowest BCUT2D eigenvalue weighted by Gasteiger charge is -2.16. The molecular formula is C12H13BrFNO2. The summed E-state index contributed by atoms with van der Waals surface area (Å²) in [6.45, 7) is 0.700. The van der Waals surface area contributed by atoms with E-state index in [1.165, 1.54) is 18.2 Å². The van der Waals surface area contributed by atoms with Crippen LogP contribution < -0.4 is 10.1 Å². The van der Waals surface area contributed by atoms with Gasteiger partial charge in [-0.3, -0.25) is 4.79 Å². The van der Waals surface area contributed by atoms with Crippen LogP contribution in [0.25, 0.3) is 0 Å². The molecule has 0 saturated carbocycles. The van der Waals surface area contributed by atoms with Crippen LogP contribution in [0.2, 0.25) is 0 Å². The number of nitrogens with one attached hydrogen (secondary N) is 1. The summed E-state index contributed by atoms with van der Waals surface area (Å²) in [6.07, 6.45) is 2.14. The van der Waals surface area contributed by atoms with Gasteiger partial charge in [0, 0.05) is 6.54 Å². The maximum absolute atomic E-state index is 13.0. The Morgan fingerprint density at radius 2 is 2.24 bits per heavy atom.